The van der Waals surface area contributed by atoms with Gasteiger partial charge in [0.2, 0.25) is 0 Å². The first-order chi connectivity index (χ1) is 13.5. The summed E-state index contributed by atoms with van der Waals surface area (Å²) in [5, 5.41) is 0.840. The van der Waals surface area contributed by atoms with Gasteiger partial charge in [-0.05, 0) is 48.4 Å². The highest BCUT2D eigenvalue weighted by molar-refractivity contribution is 6.42. The third-order valence-electron chi connectivity index (χ3n) is 4.11. The lowest BCUT2D eigenvalue weighted by atomic mass is 10.1. The fourth-order valence-corrected chi connectivity index (χ4v) is 2.88. The lowest BCUT2D eigenvalue weighted by Crippen LogP contribution is -2.41. The molecule has 0 saturated heterocycles. The van der Waals surface area contributed by atoms with E-state index in [1.807, 2.05) is 6.92 Å². The maximum atomic E-state index is 12.4. The Hall–Kier alpha value is -2.25. The maximum absolute atomic E-state index is 12.4. The first-order valence-electron chi connectivity index (χ1n) is 8.60. The van der Waals surface area contributed by atoms with Crippen LogP contribution in [-0.4, -0.2) is 36.4 Å². The van der Waals surface area contributed by atoms with Crippen LogP contribution >= 0.6 is 23.2 Å². The molecule has 0 heterocycles. The van der Waals surface area contributed by atoms with Crippen LogP contribution in [-0.2, 0) is 4.79 Å². The van der Waals surface area contributed by atoms with E-state index in [0.717, 1.165) is 12.6 Å². The normalized spacial score (nSPS) is 12.4. The molecule has 4 nitrogen and oxygen atoms in total. The van der Waals surface area contributed by atoms with Gasteiger partial charge >= 0.3 is 12.1 Å². The highest BCUT2D eigenvalue weighted by Crippen LogP contribution is 2.30. The first kappa shape index (κ1) is 23.0. The highest BCUT2D eigenvalue weighted by atomic mass is 35.5. The largest absolute Gasteiger partial charge is 0.486 e. The van der Waals surface area contributed by atoms with Gasteiger partial charge < -0.3 is 9.64 Å². The molecule has 2 rings (SSSR count). The van der Waals surface area contributed by atoms with Gasteiger partial charge in [0.25, 0.3) is 0 Å². The number of benzene rings is 2. The van der Waals surface area contributed by atoms with Gasteiger partial charge in [-0.3, -0.25) is 9.59 Å². The minimum Gasteiger partial charge on any atom is -0.486 e. The Morgan fingerprint density at radius 3 is 2.21 bits per heavy atom. The molecule has 0 aromatic heterocycles. The standard InChI is InChI=1S/C20H18Cl2F3NO3/c1-3-18(13-6-9-15(21)16(22)10-13)29-14-7-4-12(5-8-14)17(27)11-26(2)19(28)20(23,24)25/h4-10,18H,3,11H2,1-2H3/t18-/m1/s1. The van der Waals surface area contributed by atoms with Crippen molar-refractivity contribution in [1.82, 2.24) is 4.90 Å². The number of hydrogen-bond donors (Lipinski definition) is 0. The fraction of sp³-hybridized carbons (Fsp3) is 0.300. The summed E-state index contributed by atoms with van der Waals surface area (Å²) in [6.07, 6.45) is -4.68. The lowest BCUT2D eigenvalue weighted by molar-refractivity contribution is -0.183. The zero-order valence-corrected chi connectivity index (χ0v) is 17.1. The molecule has 0 aliphatic heterocycles. The van der Waals surface area contributed by atoms with E-state index in [4.69, 9.17) is 27.9 Å². The van der Waals surface area contributed by atoms with E-state index >= 15 is 0 Å². The van der Waals surface area contributed by atoms with Crippen LogP contribution in [0.15, 0.2) is 42.5 Å². The second-order valence-electron chi connectivity index (χ2n) is 6.29. The van der Waals surface area contributed by atoms with E-state index in [1.54, 1.807) is 30.3 Å². The predicted octanol–water partition coefficient (Wildman–Crippen LogP) is 5.73. The molecule has 0 fully saturated rings. The quantitative estimate of drug-likeness (QED) is 0.509. The number of halogens is 5. The molecule has 0 aliphatic rings. The molecule has 0 N–H and O–H groups in total. The molecule has 0 radical (unpaired) electrons. The van der Waals surface area contributed by atoms with Gasteiger partial charge in [0.15, 0.2) is 5.78 Å². The second-order valence-corrected chi connectivity index (χ2v) is 7.11. The van der Waals surface area contributed by atoms with E-state index in [2.05, 4.69) is 0 Å². The number of rotatable bonds is 7. The van der Waals surface area contributed by atoms with Crippen molar-refractivity contribution in [2.45, 2.75) is 25.6 Å². The monoisotopic (exact) mass is 447 g/mol. The number of nitrogens with zero attached hydrogens (tertiary/aromatic N) is 1. The van der Waals surface area contributed by atoms with Crippen molar-refractivity contribution in [2.75, 3.05) is 13.6 Å². The number of Topliss-reactive ketones (excluding diaryl/α,β-unsaturated/α-hetero) is 1. The summed E-state index contributed by atoms with van der Waals surface area (Å²) in [5.41, 5.74) is 0.996. The Morgan fingerprint density at radius 1 is 1.07 bits per heavy atom. The molecule has 2 aromatic carbocycles. The summed E-state index contributed by atoms with van der Waals surface area (Å²) in [4.78, 5) is 23.6. The summed E-state index contributed by atoms with van der Waals surface area (Å²) >= 11 is 12.0. The van der Waals surface area contributed by atoms with Crippen molar-refractivity contribution in [3.63, 3.8) is 0 Å². The molecule has 156 valence electrons. The fourth-order valence-electron chi connectivity index (χ4n) is 2.58. The first-order valence-corrected chi connectivity index (χ1v) is 9.35. The van der Waals surface area contributed by atoms with Gasteiger partial charge in [-0.1, -0.05) is 36.2 Å². The van der Waals surface area contributed by atoms with Gasteiger partial charge in [0, 0.05) is 12.6 Å². The lowest BCUT2D eigenvalue weighted by Gasteiger charge is -2.19. The Balaban J connectivity index is 2.06. The summed E-state index contributed by atoms with van der Waals surface area (Å²) in [6.45, 7) is 1.25. The minimum absolute atomic E-state index is 0.168. The molecular formula is C20H18Cl2F3NO3. The van der Waals surface area contributed by atoms with Crippen molar-refractivity contribution in [3.8, 4) is 5.75 Å². The van der Waals surface area contributed by atoms with Crippen LogP contribution in [0.3, 0.4) is 0 Å². The highest BCUT2D eigenvalue weighted by Gasteiger charge is 2.41. The van der Waals surface area contributed by atoms with Crippen molar-refractivity contribution in [2.24, 2.45) is 0 Å². The van der Waals surface area contributed by atoms with Crippen molar-refractivity contribution in [3.05, 3.63) is 63.6 Å². The van der Waals surface area contributed by atoms with Crippen LogP contribution in [0.25, 0.3) is 0 Å². The Morgan fingerprint density at radius 2 is 1.69 bits per heavy atom. The van der Waals surface area contributed by atoms with Crippen LogP contribution < -0.4 is 4.74 Å². The zero-order valence-electron chi connectivity index (χ0n) is 15.6. The van der Waals surface area contributed by atoms with E-state index in [1.165, 1.54) is 12.1 Å². The van der Waals surface area contributed by atoms with E-state index in [0.29, 0.717) is 27.1 Å². The minimum atomic E-state index is -5.02. The van der Waals surface area contributed by atoms with Gasteiger partial charge in [0.05, 0.1) is 16.6 Å². The second kappa shape index (κ2) is 9.50. The van der Waals surface area contributed by atoms with E-state index in [-0.39, 0.29) is 11.7 Å². The summed E-state index contributed by atoms with van der Waals surface area (Å²) in [6, 6.07) is 11.1. The number of likely N-dealkylation sites (N-methyl/N-ethyl adjacent to an activating group) is 1. The topological polar surface area (TPSA) is 46.6 Å². The van der Waals surface area contributed by atoms with Crippen LogP contribution in [0.2, 0.25) is 10.0 Å². The molecular weight excluding hydrogens is 430 g/mol. The summed E-state index contributed by atoms with van der Waals surface area (Å²) in [5.74, 6) is -2.22. The molecule has 0 saturated carbocycles. The van der Waals surface area contributed by atoms with Crippen LogP contribution in [0.5, 0.6) is 5.75 Å². The van der Waals surface area contributed by atoms with E-state index < -0.39 is 24.4 Å². The Labute approximate surface area is 176 Å². The molecule has 9 heteroatoms. The SMILES string of the molecule is CC[C@@H](Oc1ccc(C(=O)CN(C)C(=O)C(F)(F)F)cc1)c1ccc(Cl)c(Cl)c1. The number of ether oxygens (including phenoxy) is 1. The summed E-state index contributed by atoms with van der Waals surface area (Å²) < 4.78 is 43.2. The molecule has 1 amide bonds. The molecule has 0 aliphatic carbocycles. The zero-order chi connectivity index (χ0) is 21.8. The number of amides is 1. The average molecular weight is 448 g/mol. The van der Waals surface area contributed by atoms with Gasteiger partial charge in [0.1, 0.15) is 11.9 Å². The number of alkyl halides is 3. The smallest absolute Gasteiger partial charge is 0.471 e. The molecule has 0 unspecified atom stereocenters. The molecule has 0 spiro atoms. The van der Waals surface area contributed by atoms with Gasteiger partial charge in [-0.25, -0.2) is 0 Å². The third-order valence-corrected chi connectivity index (χ3v) is 4.85. The van der Waals surface area contributed by atoms with Gasteiger partial charge in [-0.15, -0.1) is 0 Å². The van der Waals surface area contributed by atoms with Crippen molar-refractivity contribution >= 4 is 34.9 Å². The predicted molar refractivity (Wildman–Crippen MR) is 105 cm³/mol. The van der Waals surface area contributed by atoms with Gasteiger partial charge in [-0.2, -0.15) is 13.2 Å². The van der Waals surface area contributed by atoms with E-state index in [9.17, 15) is 22.8 Å². The van der Waals surface area contributed by atoms with Crippen LogP contribution in [0.4, 0.5) is 13.2 Å². The summed E-state index contributed by atoms with van der Waals surface area (Å²) in [7, 11) is 0.925. The van der Waals surface area contributed by atoms with Crippen LogP contribution in [0, 0.1) is 0 Å². The Kier molecular flexibility index (Phi) is 7.54. The average Bonchev–Trinajstić information content (AvgIpc) is 2.67. The molecule has 29 heavy (non-hydrogen) atoms. The van der Waals surface area contributed by atoms with Crippen molar-refractivity contribution < 1.29 is 27.5 Å². The number of ketones is 1. The number of carbonyl (C=O) groups excluding carboxylic acids is 2. The van der Waals surface area contributed by atoms with Crippen LogP contribution in [0.1, 0.15) is 35.4 Å². The molecule has 0 bridgehead atoms. The molecule has 1 atom stereocenters. The molecule has 2 aromatic rings. The Bertz CT molecular complexity index is 886. The number of carbonyl (C=O) groups is 2. The third kappa shape index (κ3) is 6.11. The van der Waals surface area contributed by atoms with Crippen molar-refractivity contribution in [1.29, 1.82) is 0 Å². The number of hydrogen-bond acceptors (Lipinski definition) is 3. The maximum Gasteiger partial charge on any atom is 0.471 e.